The summed E-state index contributed by atoms with van der Waals surface area (Å²) < 4.78 is 7.35. The van der Waals surface area contributed by atoms with Crippen LogP contribution in [0.1, 0.15) is 24.2 Å². The van der Waals surface area contributed by atoms with Crippen molar-refractivity contribution in [3.63, 3.8) is 0 Å². The summed E-state index contributed by atoms with van der Waals surface area (Å²) in [6.45, 7) is 5.92. The molecule has 0 aromatic heterocycles. The van der Waals surface area contributed by atoms with Crippen LogP contribution in [0.3, 0.4) is 0 Å². The highest BCUT2D eigenvalue weighted by Crippen LogP contribution is 2.25. The molecule has 5 heteroatoms. The highest BCUT2D eigenvalue weighted by Gasteiger charge is 2.35. The third-order valence-corrected chi connectivity index (χ3v) is 4.48. The lowest BCUT2D eigenvalue weighted by Gasteiger charge is -2.42. The molecular weight excluding hydrogens is 409 g/mol. The molecule has 0 N–H and O–H groups in total. The van der Waals surface area contributed by atoms with Gasteiger partial charge < -0.3 is 9.64 Å². The van der Waals surface area contributed by atoms with Crippen LogP contribution in [0.2, 0.25) is 0 Å². The van der Waals surface area contributed by atoms with Crippen molar-refractivity contribution in [1.29, 1.82) is 0 Å². The number of hydrogen-bond donors (Lipinski definition) is 0. The van der Waals surface area contributed by atoms with Gasteiger partial charge in [-0.05, 0) is 54.6 Å². The molecule has 1 fully saturated rings. The third-order valence-electron chi connectivity index (χ3n) is 3.05. The Hall–Kier alpha value is -0.140. The van der Waals surface area contributed by atoms with Crippen LogP contribution in [-0.2, 0) is 4.74 Å². The van der Waals surface area contributed by atoms with Gasteiger partial charge in [-0.15, -0.1) is 0 Å². The molecule has 1 aliphatic heterocycles. The lowest BCUT2D eigenvalue weighted by atomic mass is 10.0. The smallest absolute Gasteiger partial charge is 0.255 e. The lowest BCUT2D eigenvalue weighted by Crippen LogP contribution is -2.55. The van der Waals surface area contributed by atoms with E-state index in [1.165, 1.54) is 0 Å². The van der Waals surface area contributed by atoms with Gasteiger partial charge in [0.25, 0.3) is 5.91 Å². The molecule has 98 valence electrons. The SMILES string of the molecule is CC1(C)COCCN1C(=O)c1cc(Br)ccc1I. The van der Waals surface area contributed by atoms with Crippen molar-refractivity contribution in [3.05, 3.63) is 31.8 Å². The van der Waals surface area contributed by atoms with Gasteiger partial charge in [-0.2, -0.15) is 0 Å². The van der Waals surface area contributed by atoms with Gasteiger partial charge in [-0.25, -0.2) is 0 Å². The Labute approximate surface area is 129 Å². The van der Waals surface area contributed by atoms with E-state index in [1.807, 2.05) is 36.9 Å². The zero-order chi connectivity index (χ0) is 13.3. The second-order valence-electron chi connectivity index (χ2n) is 4.95. The molecule has 3 nitrogen and oxygen atoms in total. The molecule has 0 saturated carbocycles. The van der Waals surface area contributed by atoms with Crippen molar-refractivity contribution in [2.75, 3.05) is 19.8 Å². The second kappa shape index (κ2) is 5.46. The molecule has 0 atom stereocenters. The molecule has 18 heavy (non-hydrogen) atoms. The summed E-state index contributed by atoms with van der Waals surface area (Å²) in [5.74, 6) is 0.0778. The Morgan fingerprint density at radius 3 is 2.89 bits per heavy atom. The van der Waals surface area contributed by atoms with E-state index in [0.29, 0.717) is 19.8 Å². The Morgan fingerprint density at radius 1 is 1.50 bits per heavy atom. The molecular formula is C13H15BrINO2. The van der Waals surface area contributed by atoms with Gasteiger partial charge in [0.1, 0.15) is 0 Å². The lowest BCUT2D eigenvalue weighted by molar-refractivity contribution is -0.0371. The molecule has 0 spiro atoms. The topological polar surface area (TPSA) is 29.5 Å². The van der Waals surface area contributed by atoms with Gasteiger partial charge in [0, 0.05) is 14.6 Å². The van der Waals surface area contributed by atoms with Crippen molar-refractivity contribution in [2.45, 2.75) is 19.4 Å². The molecule has 0 radical (unpaired) electrons. The molecule has 1 saturated heterocycles. The zero-order valence-electron chi connectivity index (χ0n) is 10.4. The molecule has 1 aromatic carbocycles. The number of halogens is 2. The van der Waals surface area contributed by atoms with Crippen molar-refractivity contribution in [3.8, 4) is 0 Å². The van der Waals surface area contributed by atoms with Crippen molar-refractivity contribution >= 4 is 44.4 Å². The van der Waals surface area contributed by atoms with E-state index in [0.717, 1.165) is 13.6 Å². The van der Waals surface area contributed by atoms with Crippen LogP contribution >= 0.6 is 38.5 Å². The first-order valence-corrected chi connectivity index (χ1v) is 7.64. The minimum atomic E-state index is -0.249. The van der Waals surface area contributed by atoms with Gasteiger partial charge in [0.05, 0.1) is 24.3 Å². The zero-order valence-corrected chi connectivity index (χ0v) is 14.1. The number of morpholine rings is 1. The van der Waals surface area contributed by atoms with Gasteiger partial charge in [0.2, 0.25) is 0 Å². The number of carbonyl (C=O) groups excluding carboxylic acids is 1. The fraction of sp³-hybridized carbons (Fsp3) is 0.462. The Balaban J connectivity index is 2.33. The van der Waals surface area contributed by atoms with Crippen LogP contribution in [-0.4, -0.2) is 36.1 Å². The first kappa shape index (κ1) is 14.3. The average molecular weight is 424 g/mol. The first-order valence-electron chi connectivity index (χ1n) is 5.76. The largest absolute Gasteiger partial charge is 0.377 e. The van der Waals surface area contributed by atoms with E-state index in [2.05, 4.69) is 38.5 Å². The van der Waals surface area contributed by atoms with E-state index in [9.17, 15) is 4.79 Å². The molecule has 0 unspecified atom stereocenters. The van der Waals surface area contributed by atoms with E-state index in [1.54, 1.807) is 0 Å². The van der Waals surface area contributed by atoms with Gasteiger partial charge in [0.15, 0.2) is 0 Å². The molecule has 1 aliphatic rings. The van der Waals surface area contributed by atoms with Crippen molar-refractivity contribution < 1.29 is 9.53 Å². The Bertz CT molecular complexity index is 476. The summed E-state index contributed by atoms with van der Waals surface area (Å²) in [5, 5.41) is 0. The number of rotatable bonds is 1. The molecule has 2 rings (SSSR count). The van der Waals surface area contributed by atoms with Crippen molar-refractivity contribution in [2.24, 2.45) is 0 Å². The predicted molar refractivity (Wildman–Crippen MR) is 82.8 cm³/mol. The number of nitrogens with zero attached hydrogens (tertiary/aromatic N) is 1. The summed E-state index contributed by atoms with van der Waals surface area (Å²) in [6.07, 6.45) is 0. The number of hydrogen-bond acceptors (Lipinski definition) is 2. The van der Waals surface area contributed by atoms with Crippen LogP contribution < -0.4 is 0 Å². The number of benzene rings is 1. The monoisotopic (exact) mass is 423 g/mol. The van der Waals surface area contributed by atoms with E-state index in [4.69, 9.17) is 4.74 Å². The number of carbonyl (C=O) groups is 1. The third kappa shape index (κ3) is 2.88. The summed E-state index contributed by atoms with van der Waals surface area (Å²) in [6, 6.07) is 5.78. The summed E-state index contributed by atoms with van der Waals surface area (Å²) in [5.41, 5.74) is 0.501. The molecule has 1 aromatic rings. The predicted octanol–water partition coefficient (Wildman–Crippen LogP) is 3.30. The summed E-state index contributed by atoms with van der Waals surface area (Å²) in [4.78, 5) is 14.5. The van der Waals surface area contributed by atoms with E-state index in [-0.39, 0.29) is 11.4 Å². The van der Waals surface area contributed by atoms with Crippen LogP contribution in [0.5, 0.6) is 0 Å². The molecule has 0 bridgehead atoms. The maximum absolute atomic E-state index is 12.6. The minimum Gasteiger partial charge on any atom is -0.377 e. The number of amides is 1. The summed E-state index contributed by atoms with van der Waals surface area (Å²) in [7, 11) is 0. The van der Waals surface area contributed by atoms with Gasteiger partial charge in [-0.3, -0.25) is 4.79 Å². The van der Waals surface area contributed by atoms with Gasteiger partial charge in [-0.1, -0.05) is 15.9 Å². The molecule has 1 amide bonds. The molecule has 1 heterocycles. The van der Waals surface area contributed by atoms with E-state index >= 15 is 0 Å². The van der Waals surface area contributed by atoms with E-state index < -0.39 is 0 Å². The Morgan fingerprint density at radius 2 is 2.22 bits per heavy atom. The quantitative estimate of drug-likeness (QED) is 0.648. The maximum atomic E-state index is 12.6. The second-order valence-corrected chi connectivity index (χ2v) is 7.02. The van der Waals surface area contributed by atoms with Crippen LogP contribution in [0.15, 0.2) is 22.7 Å². The van der Waals surface area contributed by atoms with Crippen molar-refractivity contribution in [1.82, 2.24) is 4.90 Å². The minimum absolute atomic E-state index is 0.0778. The van der Waals surface area contributed by atoms with Gasteiger partial charge >= 0.3 is 0 Å². The van der Waals surface area contributed by atoms with Crippen LogP contribution in [0, 0.1) is 3.57 Å². The maximum Gasteiger partial charge on any atom is 0.255 e. The first-order chi connectivity index (χ1) is 8.42. The van der Waals surface area contributed by atoms with Crippen LogP contribution in [0.4, 0.5) is 0 Å². The number of ether oxygens (including phenoxy) is 1. The Kier molecular flexibility index (Phi) is 4.33. The standard InChI is InChI=1S/C13H15BrINO2/c1-13(2)8-18-6-5-16(13)12(17)10-7-9(14)3-4-11(10)15/h3-4,7H,5-6,8H2,1-2H3. The molecule has 0 aliphatic carbocycles. The average Bonchev–Trinajstić information content (AvgIpc) is 2.31. The summed E-state index contributed by atoms with van der Waals surface area (Å²) >= 11 is 5.62. The highest BCUT2D eigenvalue weighted by atomic mass is 127. The normalized spacial score (nSPS) is 18.8. The fourth-order valence-electron chi connectivity index (χ4n) is 2.04. The van der Waals surface area contributed by atoms with Crippen LogP contribution in [0.25, 0.3) is 0 Å². The highest BCUT2D eigenvalue weighted by molar-refractivity contribution is 14.1. The fourth-order valence-corrected chi connectivity index (χ4v) is 2.97.